The highest BCUT2D eigenvalue weighted by atomic mass is 19.1. The van der Waals surface area contributed by atoms with Crippen molar-refractivity contribution in [2.24, 2.45) is 0 Å². The zero-order chi connectivity index (χ0) is 13.1. The number of nitrogens with zero attached hydrogens (tertiary/aromatic N) is 1. The van der Waals surface area contributed by atoms with Gasteiger partial charge in [0.2, 0.25) is 11.6 Å². The minimum Gasteiger partial charge on any atom is -0.450 e. The first-order chi connectivity index (χ1) is 8.58. The lowest BCUT2D eigenvalue weighted by Crippen LogP contribution is -1.96. The van der Waals surface area contributed by atoms with Gasteiger partial charge < -0.3 is 10.5 Å². The third-order valence-corrected chi connectivity index (χ3v) is 2.24. The third kappa shape index (κ3) is 2.37. The second-order valence-corrected chi connectivity index (χ2v) is 3.51. The summed E-state index contributed by atoms with van der Waals surface area (Å²) >= 11 is 0. The molecule has 0 spiro atoms. The van der Waals surface area contributed by atoms with Gasteiger partial charge in [0.15, 0.2) is 0 Å². The summed E-state index contributed by atoms with van der Waals surface area (Å²) < 4.78 is 18.6. The van der Waals surface area contributed by atoms with E-state index in [1.165, 1.54) is 12.1 Å². The van der Waals surface area contributed by atoms with Gasteiger partial charge in [-0.2, -0.15) is 4.39 Å². The SMILES string of the molecule is Nc1ccc(Oc2cccc(F)c2[N+](=O)[O-])cc1. The topological polar surface area (TPSA) is 78.4 Å². The molecule has 0 saturated carbocycles. The van der Waals surface area contributed by atoms with Crippen LogP contribution in [0.2, 0.25) is 0 Å². The van der Waals surface area contributed by atoms with Crippen LogP contribution in [-0.4, -0.2) is 4.92 Å². The Bertz CT molecular complexity index is 584. The smallest absolute Gasteiger partial charge is 0.346 e. The number of anilines is 1. The van der Waals surface area contributed by atoms with Gasteiger partial charge >= 0.3 is 5.69 Å². The molecule has 0 aliphatic carbocycles. The number of nitrogens with two attached hydrogens (primary N) is 1. The highest BCUT2D eigenvalue weighted by Crippen LogP contribution is 2.33. The molecular formula is C12H9FN2O3. The summed E-state index contributed by atoms with van der Waals surface area (Å²) in [4.78, 5) is 9.93. The maximum absolute atomic E-state index is 13.3. The lowest BCUT2D eigenvalue weighted by molar-refractivity contribution is -0.388. The van der Waals surface area contributed by atoms with Gasteiger partial charge in [-0.25, -0.2) is 0 Å². The molecule has 0 heterocycles. The number of halogens is 1. The van der Waals surface area contributed by atoms with Crippen LogP contribution in [0.3, 0.4) is 0 Å². The molecule has 0 radical (unpaired) electrons. The van der Waals surface area contributed by atoms with Crippen LogP contribution in [0.5, 0.6) is 11.5 Å². The summed E-state index contributed by atoms with van der Waals surface area (Å²) in [6, 6.07) is 9.94. The summed E-state index contributed by atoms with van der Waals surface area (Å²) in [5.74, 6) is -0.740. The third-order valence-electron chi connectivity index (χ3n) is 2.24. The van der Waals surface area contributed by atoms with Gasteiger partial charge in [-0.15, -0.1) is 0 Å². The van der Waals surface area contributed by atoms with Crippen molar-refractivity contribution in [3.05, 3.63) is 58.4 Å². The van der Waals surface area contributed by atoms with Gasteiger partial charge in [0.1, 0.15) is 5.75 Å². The Kier molecular flexibility index (Phi) is 3.09. The van der Waals surface area contributed by atoms with Gasteiger partial charge in [0.25, 0.3) is 0 Å². The maximum atomic E-state index is 13.3. The Balaban J connectivity index is 2.37. The van der Waals surface area contributed by atoms with E-state index in [4.69, 9.17) is 10.5 Å². The van der Waals surface area contributed by atoms with Crippen molar-refractivity contribution >= 4 is 11.4 Å². The lowest BCUT2D eigenvalue weighted by Gasteiger charge is -2.06. The van der Waals surface area contributed by atoms with Crippen LogP contribution in [0.1, 0.15) is 0 Å². The molecule has 6 heteroatoms. The van der Waals surface area contributed by atoms with Crippen LogP contribution in [0.15, 0.2) is 42.5 Å². The normalized spacial score (nSPS) is 10.1. The molecule has 92 valence electrons. The Morgan fingerprint density at radius 2 is 1.83 bits per heavy atom. The molecule has 2 N–H and O–H groups in total. The molecule has 2 rings (SSSR count). The molecule has 0 bridgehead atoms. The first-order valence-corrected chi connectivity index (χ1v) is 5.04. The minimum absolute atomic E-state index is 0.148. The van der Waals surface area contributed by atoms with Crippen molar-refractivity contribution < 1.29 is 14.1 Å². The summed E-state index contributed by atoms with van der Waals surface area (Å²) in [6.45, 7) is 0. The number of nitrogen functional groups attached to an aromatic ring is 1. The number of ether oxygens (including phenoxy) is 1. The summed E-state index contributed by atoms with van der Waals surface area (Å²) in [5, 5.41) is 10.8. The molecule has 2 aromatic rings. The summed E-state index contributed by atoms with van der Waals surface area (Å²) in [5.41, 5.74) is 5.35. The zero-order valence-corrected chi connectivity index (χ0v) is 9.17. The average Bonchev–Trinajstić information content (AvgIpc) is 2.32. The molecule has 0 unspecified atom stereocenters. The van der Waals surface area contributed by atoms with Crippen molar-refractivity contribution in [3.8, 4) is 11.5 Å². The highest BCUT2D eigenvalue weighted by molar-refractivity contribution is 5.50. The summed E-state index contributed by atoms with van der Waals surface area (Å²) in [6.07, 6.45) is 0. The van der Waals surface area contributed by atoms with Crippen molar-refractivity contribution in [2.75, 3.05) is 5.73 Å². The molecule has 0 fully saturated rings. The van der Waals surface area contributed by atoms with Gasteiger partial charge in [0, 0.05) is 5.69 Å². The van der Waals surface area contributed by atoms with Crippen molar-refractivity contribution in [2.45, 2.75) is 0 Å². The van der Waals surface area contributed by atoms with E-state index in [-0.39, 0.29) is 5.75 Å². The number of nitro benzene ring substituents is 1. The maximum Gasteiger partial charge on any atom is 0.346 e. The first-order valence-electron chi connectivity index (χ1n) is 5.04. The van der Waals surface area contributed by atoms with Crippen LogP contribution in [0.4, 0.5) is 15.8 Å². The van der Waals surface area contributed by atoms with Crippen molar-refractivity contribution in [1.29, 1.82) is 0 Å². The lowest BCUT2D eigenvalue weighted by atomic mass is 10.2. The van der Waals surface area contributed by atoms with E-state index in [9.17, 15) is 14.5 Å². The highest BCUT2D eigenvalue weighted by Gasteiger charge is 2.21. The Morgan fingerprint density at radius 1 is 1.17 bits per heavy atom. The molecule has 0 atom stereocenters. The van der Waals surface area contributed by atoms with Crippen LogP contribution in [0.25, 0.3) is 0 Å². The molecule has 0 amide bonds. The van der Waals surface area contributed by atoms with E-state index in [0.29, 0.717) is 11.4 Å². The molecular weight excluding hydrogens is 239 g/mol. The molecule has 0 saturated heterocycles. The Hall–Kier alpha value is -2.63. The fourth-order valence-electron chi connectivity index (χ4n) is 1.42. The monoisotopic (exact) mass is 248 g/mol. The van der Waals surface area contributed by atoms with E-state index in [1.54, 1.807) is 24.3 Å². The second-order valence-electron chi connectivity index (χ2n) is 3.51. The minimum atomic E-state index is -0.937. The molecule has 2 aromatic carbocycles. The van der Waals surface area contributed by atoms with Crippen LogP contribution >= 0.6 is 0 Å². The first kappa shape index (κ1) is 11.8. The molecule has 0 aromatic heterocycles. The van der Waals surface area contributed by atoms with Crippen LogP contribution in [-0.2, 0) is 0 Å². The zero-order valence-electron chi connectivity index (χ0n) is 9.17. The number of hydrogen-bond acceptors (Lipinski definition) is 4. The average molecular weight is 248 g/mol. The van der Waals surface area contributed by atoms with Gasteiger partial charge in [-0.05, 0) is 36.4 Å². The fourth-order valence-corrected chi connectivity index (χ4v) is 1.42. The van der Waals surface area contributed by atoms with Gasteiger partial charge in [-0.1, -0.05) is 6.07 Å². The van der Waals surface area contributed by atoms with E-state index in [2.05, 4.69) is 0 Å². The van der Waals surface area contributed by atoms with Crippen LogP contribution in [0, 0.1) is 15.9 Å². The Labute approximate surface area is 102 Å². The van der Waals surface area contributed by atoms with Gasteiger partial charge in [-0.3, -0.25) is 10.1 Å². The number of hydrogen-bond donors (Lipinski definition) is 1. The van der Waals surface area contributed by atoms with Crippen LogP contribution < -0.4 is 10.5 Å². The number of benzene rings is 2. The van der Waals surface area contributed by atoms with E-state index < -0.39 is 16.4 Å². The van der Waals surface area contributed by atoms with Crippen molar-refractivity contribution in [3.63, 3.8) is 0 Å². The quantitative estimate of drug-likeness (QED) is 0.514. The molecule has 18 heavy (non-hydrogen) atoms. The number of para-hydroxylation sites is 1. The molecule has 0 aliphatic heterocycles. The van der Waals surface area contributed by atoms with Crippen molar-refractivity contribution in [1.82, 2.24) is 0 Å². The van der Waals surface area contributed by atoms with E-state index in [1.807, 2.05) is 0 Å². The summed E-state index contributed by atoms with van der Waals surface area (Å²) in [7, 11) is 0. The largest absolute Gasteiger partial charge is 0.450 e. The fraction of sp³-hybridized carbons (Fsp3) is 0. The van der Waals surface area contributed by atoms with E-state index in [0.717, 1.165) is 6.07 Å². The Morgan fingerprint density at radius 3 is 2.44 bits per heavy atom. The van der Waals surface area contributed by atoms with E-state index >= 15 is 0 Å². The predicted molar refractivity (Wildman–Crippen MR) is 64.0 cm³/mol. The number of rotatable bonds is 3. The van der Waals surface area contributed by atoms with Gasteiger partial charge in [0.05, 0.1) is 4.92 Å². The molecule has 0 aliphatic rings. The second kappa shape index (κ2) is 4.70. The standard InChI is InChI=1S/C12H9FN2O3/c13-10-2-1-3-11(12(10)15(16)17)18-9-6-4-8(14)5-7-9/h1-7H,14H2. The number of nitro groups is 1. The predicted octanol–water partition coefficient (Wildman–Crippen LogP) is 3.11. The molecule has 5 nitrogen and oxygen atoms in total.